The molecule has 3 amide bonds. The van der Waals surface area contributed by atoms with Crippen LogP contribution in [-0.4, -0.2) is 39.9 Å². The number of carbonyl (C=O) groups excluding carboxylic acids is 4. The lowest BCUT2D eigenvalue weighted by Gasteiger charge is -2.30. The Bertz CT molecular complexity index is 1580. The third kappa shape index (κ3) is 3.75. The molecule has 3 aliphatic heterocycles. The summed E-state index contributed by atoms with van der Waals surface area (Å²) in [4.78, 5) is 54.4. The number of fused-ring (bicyclic) bond motifs is 4. The number of imide groups is 1. The Labute approximate surface area is 229 Å². The Morgan fingerprint density at radius 2 is 1.68 bits per heavy atom. The van der Waals surface area contributed by atoms with Crippen LogP contribution >= 0.6 is 0 Å². The van der Waals surface area contributed by atoms with E-state index < -0.39 is 47.1 Å². The minimum absolute atomic E-state index is 0.213. The van der Waals surface area contributed by atoms with E-state index in [2.05, 4.69) is 10.6 Å². The fourth-order valence-electron chi connectivity index (χ4n) is 6.28. The second kappa shape index (κ2) is 9.20. The summed E-state index contributed by atoms with van der Waals surface area (Å²) in [6.45, 7) is 3.27. The van der Waals surface area contributed by atoms with E-state index in [-0.39, 0.29) is 23.7 Å². The molecular formula is C30H27N3O7. The molecule has 4 N–H and O–H groups in total. The molecule has 10 nitrogen and oxygen atoms in total. The number of rotatable bonds is 5. The maximum Gasteiger partial charge on any atom is 0.308 e. The number of carbonyl (C=O) groups is 4. The molecule has 3 heterocycles. The number of nitrogens with zero attached hydrogens (tertiary/aromatic N) is 1. The van der Waals surface area contributed by atoms with E-state index in [1.165, 1.54) is 43.3 Å². The van der Waals surface area contributed by atoms with Crippen LogP contribution in [0.1, 0.15) is 30.5 Å². The highest BCUT2D eigenvalue weighted by Gasteiger charge is 2.70. The zero-order valence-electron chi connectivity index (χ0n) is 21.8. The van der Waals surface area contributed by atoms with Crippen molar-refractivity contribution < 1.29 is 34.1 Å². The molecule has 6 rings (SSSR count). The third-order valence-corrected chi connectivity index (χ3v) is 8.04. The summed E-state index contributed by atoms with van der Waals surface area (Å²) in [5.41, 5.74) is 1.63. The van der Waals surface area contributed by atoms with E-state index in [0.717, 1.165) is 16.9 Å². The van der Waals surface area contributed by atoms with Crippen molar-refractivity contribution in [2.24, 2.45) is 11.8 Å². The fraction of sp³-hybridized carbons (Fsp3) is 0.267. The van der Waals surface area contributed by atoms with Gasteiger partial charge in [-0.1, -0.05) is 25.1 Å². The quantitative estimate of drug-likeness (QED) is 0.167. The lowest BCUT2D eigenvalue weighted by atomic mass is 9.76. The Hall–Kier alpha value is -4.70. The zero-order chi connectivity index (χ0) is 28.3. The molecule has 2 fully saturated rings. The van der Waals surface area contributed by atoms with Crippen molar-refractivity contribution in [3.05, 3.63) is 77.4 Å². The monoisotopic (exact) mass is 541 g/mol. The first-order valence-electron chi connectivity index (χ1n) is 13.0. The van der Waals surface area contributed by atoms with Crippen molar-refractivity contribution in [1.82, 2.24) is 5.32 Å². The van der Waals surface area contributed by atoms with Crippen molar-refractivity contribution in [1.29, 1.82) is 0 Å². The van der Waals surface area contributed by atoms with Crippen LogP contribution in [0.15, 0.2) is 60.7 Å². The number of phenolic OH excluding ortho intramolecular Hbond substituents is 2. The second-order valence-electron chi connectivity index (χ2n) is 10.4. The molecule has 0 bridgehead atoms. The van der Waals surface area contributed by atoms with Gasteiger partial charge in [0.05, 0.1) is 17.5 Å². The highest BCUT2D eigenvalue weighted by atomic mass is 16.5. The van der Waals surface area contributed by atoms with Crippen molar-refractivity contribution in [2.75, 3.05) is 10.2 Å². The van der Waals surface area contributed by atoms with Crippen LogP contribution in [0.4, 0.5) is 11.4 Å². The third-order valence-electron chi connectivity index (χ3n) is 8.04. The number of amides is 3. The topological polar surface area (TPSA) is 145 Å². The molecule has 3 aliphatic rings. The number of benzene rings is 3. The van der Waals surface area contributed by atoms with Gasteiger partial charge in [0.2, 0.25) is 17.7 Å². The number of hydrogen-bond acceptors (Lipinski definition) is 8. The largest absolute Gasteiger partial charge is 0.504 e. The molecule has 0 unspecified atom stereocenters. The Balaban J connectivity index is 1.45. The first-order chi connectivity index (χ1) is 19.1. The standard InChI is InChI=1S/C30H27N3O7/c1-3-16-4-10-21-20(12-16)30(29(39)31-21)26-25(22(32-30)13-17-5-11-23(35)24(36)14-17)27(37)33(28(26)38)18-6-8-19(9-7-18)40-15(2)34/h4-12,14,22,25-26,32,35-36H,3,13H2,1-2H3,(H,31,39)/t22-,25+,26-,30+/m0/s1. The van der Waals surface area contributed by atoms with Crippen molar-refractivity contribution in [2.45, 2.75) is 38.3 Å². The molecule has 2 saturated heterocycles. The Morgan fingerprint density at radius 3 is 2.35 bits per heavy atom. The molecule has 0 aliphatic carbocycles. The Kier molecular flexibility index (Phi) is 5.88. The smallest absolute Gasteiger partial charge is 0.308 e. The molecule has 204 valence electrons. The molecule has 4 atom stereocenters. The van der Waals surface area contributed by atoms with Gasteiger partial charge in [-0.25, -0.2) is 4.90 Å². The number of esters is 1. The van der Waals surface area contributed by atoms with Crippen LogP contribution < -0.4 is 20.3 Å². The number of aromatic hydroxyl groups is 2. The van der Waals surface area contributed by atoms with Gasteiger partial charge in [-0.2, -0.15) is 0 Å². The van der Waals surface area contributed by atoms with E-state index in [9.17, 15) is 29.4 Å². The summed E-state index contributed by atoms with van der Waals surface area (Å²) in [6, 6.07) is 15.4. The predicted octanol–water partition coefficient (Wildman–Crippen LogP) is 2.75. The van der Waals surface area contributed by atoms with Crippen LogP contribution in [0, 0.1) is 11.8 Å². The highest BCUT2D eigenvalue weighted by Crippen LogP contribution is 2.54. The summed E-state index contributed by atoms with van der Waals surface area (Å²) in [6.07, 6.45) is 0.931. The minimum atomic E-state index is -1.48. The van der Waals surface area contributed by atoms with Crippen LogP contribution in [0.2, 0.25) is 0 Å². The van der Waals surface area contributed by atoms with E-state index >= 15 is 0 Å². The second-order valence-corrected chi connectivity index (χ2v) is 10.4. The van der Waals surface area contributed by atoms with Crippen LogP contribution in [0.3, 0.4) is 0 Å². The first-order valence-corrected chi connectivity index (χ1v) is 13.0. The lowest BCUT2D eigenvalue weighted by molar-refractivity contribution is -0.132. The predicted molar refractivity (Wildman–Crippen MR) is 144 cm³/mol. The van der Waals surface area contributed by atoms with Gasteiger partial charge in [0.1, 0.15) is 11.3 Å². The molecule has 3 aromatic carbocycles. The van der Waals surface area contributed by atoms with E-state index in [1.54, 1.807) is 6.07 Å². The maximum absolute atomic E-state index is 14.2. The zero-order valence-corrected chi connectivity index (χ0v) is 21.8. The summed E-state index contributed by atoms with van der Waals surface area (Å²) in [5, 5.41) is 26.1. The lowest BCUT2D eigenvalue weighted by Crippen LogP contribution is -2.53. The van der Waals surface area contributed by atoms with Gasteiger partial charge in [-0.05, 0) is 66.4 Å². The van der Waals surface area contributed by atoms with E-state index in [4.69, 9.17) is 4.74 Å². The van der Waals surface area contributed by atoms with Gasteiger partial charge in [-0.3, -0.25) is 24.5 Å². The number of hydrogen-bond donors (Lipinski definition) is 4. The first kappa shape index (κ1) is 25.6. The van der Waals surface area contributed by atoms with Crippen LogP contribution in [-0.2, 0) is 37.6 Å². The molecule has 3 aromatic rings. The summed E-state index contributed by atoms with van der Waals surface area (Å²) < 4.78 is 5.08. The molecule has 40 heavy (non-hydrogen) atoms. The molecule has 0 saturated carbocycles. The van der Waals surface area contributed by atoms with Crippen molar-refractivity contribution in [3.8, 4) is 17.2 Å². The Morgan fingerprint density at radius 1 is 0.950 bits per heavy atom. The van der Waals surface area contributed by atoms with Crippen LogP contribution in [0.5, 0.6) is 17.2 Å². The molecule has 0 aromatic heterocycles. The van der Waals surface area contributed by atoms with Gasteiger partial charge in [0.15, 0.2) is 11.5 Å². The van der Waals surface area contributed by atoms with Gasteiger partial charge in [-0.15, -0.1) is 0 Å². The number of aryl methyl sites for hydroxylation is 1. The fourth-order valence-corrected chi connectivity index (χ4v) is 6.28. The molecule has 0 radical (unpaired) electrons. The normalized spacial score (nSPS) is 24.8. The van der Waals surface area contributed by atoms with Crippen LogP contribution in [0.25, 0.3) is 0 Å². The summed E-state index contributed by atoms with van der Waals surface area (Å²) >= 11 is 0. The number of anilines is 2. The molecular weight excluding hydrogens is 514 g/mol. The number of ether oxygens (including phenoxy) is 1. The van der Waals surface area contributed by atoms with Crippen molar-refractivity contribution >= 4 is 35.1 Å². The van der Waals surface area contributed by atoms with Crippen molar-refractivity contribution in [3.63, 3.8) is 0 Å². The molecule has 10 heteroatoms. The average Bonchev–Trinajstić information content (AvgIpc) is 3.50. The maximum atomic E-state index is 14.2. The van der Waals surface area contributed by atoms with E-state index in [1.807, 2.05) is 25.1 Å². The summed E-state index contributed by atoms with van der Waals surface area (Å²) in [7, 11) is 0. The van der Waals surface area contributed by atoms with Gasteiger partial charge in [0.25, 0.3) is 0 Å². The highest BCUT2D eigenvalue weighted by molar-refractivity contribution is 6.25. The number of phenols is 2. The average molecular weight is 542 g/mol. The van der Waals surface area contributed by atoms with Gasteiger partial charge < -0.3 is 20.3 Å². The van der Waals surface area contributed by atoms with Gasteiger partial charge in [0, 0.05) is 24.2 Å². The summed E-state index contributed by atoms with van der Waals surface area (Å²) in [5.74, 6) is -4.10. The number of nitrogens with one attached hydrogen (secondary N) is 2. The van der Waals surface area contributed by atoms with Gasteiger partial charge >= 0.3 is 5.97 Å². The SMILES string of the molecule is CCc1ccc2c(c1)[C@]1(N[C@@H](Cc3ccc(O)c(O)c3)[C@H]3C(=O)N(c4ccc(OC(C)=O)cc4)C(=O)[C@H]31)C(=O)N2. The van der Waals surface area contributed by atoms with E-state index in [0.29, 0.717) is 22.5 Å². The minimum Gasteiger partial charge on any atom is -0.504 e. The molecule has 1 spiro atoms.